The van der Waals surface area contributed by atoms with Crippen molar-refractivity contribution in [2.45, 2.75) is 18.9 Å². The van der Waals surface area contributed by atoms with Crippen LogP contribution in [0.25, 0.3) is 0 Å². The molecule has 1 atom stereocenters. The summed E-state index contributed by atoms with van der Waals surface area (Å²) in [6.45, 7) is 1.02. The Morgan fingerprint density at radius 1 is 1.05 bits per heavy atom. The Balaban J connectivity index is 1.62. The topological polar surface area (TPSA) is 38.8 Å². The van der Waals surface area contributed by atoms with Gasteiger partial charge in [0.2, 0.25) is 6.79 Å². The molecule has 0 aromatic heterocycles. The van der Waals surface area contributed by atoms with Gasteiger partial charge in [0.25, 0.3) is 5.91 Å². The lowest BCUT2D eigenvalue weighted by Gasteiger charge is -2.25. The molecule has 1 fully saturated rings. The van der Waals surface area contributed by atoms with E-state index in [2.05, 4.69) is 12.1 Å². The Bertz CT molecular complexity index is 699. The standard InChI is InChI=1S/C18H17NO3/c20-18(14-8-9-16-17(11-14)22-12-21-16)19-10-4-7-15(19)13-5-2-1-3-6-13/h1-3,5-6,8-9,11,15H,4,7,10,12H2. The lowest BCUT2D eigenvalue weighted by Crippen LogP contribution is -2.30. The first-order chi connectivity index (χ1) is 10.8. The van der Waals surface area contributed by atoms with Crippen LogP contribution in [0.4, 0.5) is 0 Å². The summed E-state index contributed by atoms with van der Waals surface area (Å²) in [6.07, 6.45) is 2.05. The number of likely N-dealkylation sites (tertiary alicyclic amines) is 1. The van der Waals surface area contributed by atoms with Crippen molar-refractivity contribution in [1.82, 2.24) is 4.90 Å². The predicted octanol–water partition coefficient (Wildman–Crippen LogP) is 3.39. The van der Waals surface area contributed by atoms with Gasteiger partial charge in [-0.3, -0.25) is 4.79 Å². The first-order valence-corrected chi connectivity index (χ1v) is 7.58. The third-order valence-corrected chi connectivity index (χ3v) is 4.32. The SMILES string of the molecule is O=C(c1ccc2c(c1)OCO2)N1CCCC1c1ccccc1. The van der Waals surface area contributed by atoms with Crippen LogP contribution in [0.5, 0.6) is 11.5 Å². The Kier molecular flexibility index (Phi) is 3.22. The van der Waals surface area contributed by atoms with E-state index in [4.69, 9.17) is 9.47 Å². The monoisotopic (exact) mass is 295 g/mol. The van der Waals surface area contributed by atoms with E-state index in [1.807, 2.05) is 35.2 Å². The summed E-state index contributed by atoms with van der Waals surface area (Å²) in [5, 5.41) is 0. The van der Waals surface area contributed by atoms with Crippen molar-refractivity contribution < 1.29 is 14.3 Å². The number of hydrogen-bond acceptors (Lipinski definition) is 3. The van der Waals surface area contributed by atoms with Crippen LogP contribution in [0.15, 0.2) is 48.5 Å². The number of hydrogen-bond donors (Lipinski definition) is 0. The average Bonchev–Trinajstić information content (AvgIpc) is 3.23. The highest BCUT2D eigenvalue weighted by molar-refractivity contribution is 5.95. The summed E-state index contributed by atoms with van der Waals surface area (Å²) >= 11 is 0. The third-order valence-electron chi connectivity index (χ3n) is 4.32. The molecule has 2 aliphatic rings. The Labute approximate surface area is 129 Å². The number of benzene rings is 2. The van der Waals surface area contributed by atoms with Gasteiger partial charge in [-0.1, -0.05) is 30.3 Å². The van der Waals surface area contributed by atoms with Crippen LogP contribution in [-0.4, -0.2) is 24.1 Å². The molecule has 1 amide bonds. The third kappa shape index (κ3) is 2.21. The lowest BCUT2D eigenvalue weighted by molar-refractivity contribution is 0.0735. The van der Waals surface area contributed by atoms with Crippen molar-refractivity contribution in [3.8, 4) is 11.5 Å². The molecule has 4 heteroatoms. The molecular weight excluding hydrogens is 278 g/mol. The van der Waals surface area contributed by atoms with Crippen LogP contribution < -0.4 is 9.47 Å². The molecule has 2 heterocycles. The molecule has 4 nitrogen and oxygen atoms in total. The van der Waals surface area contributed by atoms with E-state index in [-0.39, 0.29) is 18.7 Å². The van der Waals surface area contributed by atoms with E-state index in [1.54, 1.807) is 6.07 Å². The first-order valence-electron chi connectivity index (χ1n) is 7.58. The second-order valence-electron chi connectivity index (χ2n) is 5.64. The zero-order valence-corrected chi connectivity index (χ0v) is 12.2. The average molecular weight is 295 g/mol. The van der Waals surface area contributed by atoms with Crippen molar-refractivity contribution in [2.75, 3.05) is 13.3 Å². The van der Waals surface area contributed by atoms with E-state index in [9.17, 15) is 4.79 Å². The van der Waals surface area contributed by atoms with Gasteiger partial charge in [-0.15, -0.1) is 0 Å². The van der Waals surface area contributed by atoms with Gasteiger partial charge in [-0.05, 0) is 36.6 Å². The molecule has 2 aliphatic heterocycles. The van der Waals surface area contributed by atoms with E-state index in [0.717, 1.165) is 19.4 Å². The van der Waals surface area contributed by atoms with Crippen molar-refractivity contribution >= 4 is 5.91 Å². The van der Waals surface area contributed by atoms with Crippen LogP contribution in [-0.2, 0) is 0 Å². The molecule has 0 spiro atoms. The quantitative estimate of drug-likeness (QED) is 0.852. The van der Waals surface area contributed by atoms with Gasteiger partial charge >= 0.3 is 0 Å². The molecule has 0 aliphatic carbocycles. The maximum atomic E-state index is 12.9. The number of amides is 1. The molecule has 1 unspecified atom stereocenters. The lowest BCUT2D eigenvalue weighted by atomic mass is 10.0. The van der Waals surface area contributed by atoms with Crippen LogP contribution in [0.1, 0.15) is 34.8 Å². The number of nitrogens with zero attached hydrogens (tertiary/aromatic N) is 1. The minimum Gasteiger partial charge on any atom is -0.454 e. The second-order valence-corrected chi connectivity index (χ2v) is 5.64. The molecule has 0 bridgehead atoms. The number of fused-ring (bicyclic) bond motifs is 1. The number of carbonyl (C=O) groups excluding carboxylic acids is 1. The smallest absolute Gasteiger partial charge is 0.254 e. The summed E-state index contributed by atoms with van der Waals surface area (Å²) in [4.78, 5) is 14.8. The molecular formula is C18H17NO3. The summed E-state index contributed by atoms with van der Waals surface area (Å²) in [5.41, 5.74) is 1.86. The molecule has 2 aromatic carbocycles. The number of carbonyl (C=O) groups is 1. The Morgan fingerprint density at radius 2 is 1.86 bits per heavy atom. The minimum absolute atomic E-state index is 0.0599. The van der Waals surface area contributed by atoms with Crippen LogP contribution in [0.2, 0.25) is 0 Å². The van der Waals surface area contributed by atoms with Gasteiger partial charge in [-0.25, -0.2) is 0 Å². The Morgan fingerprint density at radius 3 is 2.73 bits per heavy atom. The van der Waals surface area contributed by atoms with E-state index >= 15 is 0 Å². The summed E-state index contributed by atoms with van der Waals surface area (Å²) < 4.78 is 10.7. The Hall–Kier alpha value is -2.49. The van der Waals surface area contributed by atoms with Gasteiger partial charge < -0.3 is 14.4 Å². The molecule has 0 saturated carbocycles. The highest BCUT2D eigenvalue weighted by Gasteiger charge is 2.31. The molecule has 0 radical (unpaired) electrons. The van der Waals surface area contributed by atoms with Crippen molar-refractivity contribution in [3.63, 3.8) is 0 Å². The fourth-order valence-corrected chi connectivity index (χ4v) is 3.23. The van der Waals surface area contributed by atoms with Gasteiger partial charge in [0, 0.05) is 12.1 Å². The predicted molar refractivity (Wildman–Crippen MR) is 82.0 cm³/mol. The molecule has 1 saturated heterocycles. The van der Waals surface area contributed by atoms with E-state index < -0.39 is 0 Å². The number of ether oxygens (including phenoxy) is 2. The maximum Gasteiger partial charge on any atom is 0.254 e. The van der Waals surface area contributed by atoms with Crippen molar-refractivity contribution in [3.05, 3.63) is 59.7 Å². The van der Waals surface area contributed by atoms with Gasteiger partial charge in [0.05, 0.1) is 6.04 Å². The van der Waals surface area contributed by atoms with E-state index in [0.29, 0.717) is 17.1 Å². The van der Waals surface area contributed by atoms with Gasteiger partial charge in [-0.2, -0.15) is 0 Å². The highest BCUT2D eigenvalue weighted by atomic mass is 16.7. The fourth-order valence-electron chi connectivity index (χ4n) is 3.23. The minimum atomic E-state index is 0.0599. The largest absolute Gasteiger partial charge is 0.454 e. The van der Waals surface area contributed by atoms with Crippen molar-refractivity contribution in [1.29, 1.82) is 0 Å². The normalized spacial score (nSPS) is 19.5. The zero-order chi connectivity index (χ0) is 14.9. The molecule has 112 valence electrons. The molecule has 0 N–H and O–H groups in total. The number of rotatable bonds is 2. The first kappa shape index (κ1) is 13.2. The zero-order valence-electron chi connectivity index (χ0n) is 12.2. The van der Waals surface area contributed by atoms with Gasteiger partial charge in [0.1, 0.15) is 0 Å². The van der Waals surface area contributed by atoms with Crippen LogP contribution in [0, 0.1) is 0 Å². The van der Waals surface area contributed by atoms with Crippen molar-refractivity contribution in [2.24, 2.45) is 0 Å². The summed E-state index contributed by atoms with van der Waals surface area (Å²) in [7, 11) is 0. The molecule has 4 rings (SSSR count). The molecule has 22 heavy (non-hydrogen) atoms. The van der Waals surface area contributed by atoms with E-state index in [1.165, 1.54) is 5.56 Å². The van der Waals surface area contributed by atoms with Crippen LogP contribution >= 0.6 is 0 Å². The highest BCUT2D eigenvalue weighted by Crippen LogP contribution is 2.36. The fraction of sp³-hybridized carbons (Fsp3) is 0.278. The summed E-state index contributed by atoms with van der Waals surface area (Å²) in [6, 6.07) is 15.8. The summed E-state index contributed by atoms with van der Waals surface area (Å²) in [5.74, 6) is 1.42. The van der Waals surface area contributed by atoms with Crippen LogP contribution in [0.3, 0.4) is 0 Å². The van der Waals surface area contributed by atoms with Gasteiger partial charge in [0.15, 0.2) is 11.5 Å². The molecule has 2 aromatic rings. The second kappa shape index (κ2) is 5.37. The maximum absolute atomic E-state index is 12.9.